The predicted octanol–water partition coefficient (Wildman–Crippen LogP) is 1.26. The van der Waals surface area contributed by atoms with E-state index in [1.165, 1.54) is 24.8 Å². The van der Waals surface area contributed by atoms with Crippen molar-refractivity contribution in [2.24, 2.45) is 5.10 Å². The quantitative estimate of drug-likeness (QED) is 0.660. The molecule has 0 saturated heterocycles. The molecule has 0 unspecified atom stereocenters. The van der Waals surface area contributed by atoms with Crippen molar-refractivity contribution in [1.29, 1.82) is 0 Å². The van der Waals surface area contributed by atoms with E-state index in [2.05, 4.69) is 20.5 Å². The smallest absolute Gasteiger partial charge is 0.291 e. The molecule has 1 aromatic heterocycles. The number of ether oxygens (including phenoxy) is 2. The van der Waals surface area contributed by atoms with E-state index in [0.29, 0.717) is 11.5 Å². The Kier molecular flexibility index (Phi) is 4.81. The second-order valence-electron chi connectivity index (χ2n) is 3.90. The molecule has 1 amide bonds. The highest BCUT2D eigenvalue weighted by Crippen LogP contribution is 2.26. The lowest BCUT2D eigenvalue weighted by atomic mass is 10.2. The van der Waals surface area contributed by atoms with Crippen LogP contribution in [-0.2, 0) is 0 Å². The first kappa shape index (κ1) is 14.4. The van der Waals surface area contributed by atoms with E-state index in [1.807, 2.05) is 0 Å². The van der Waals surface area contributed by atoms with Crippen LogP contribution in [0.3, 0.4) is 0 Å². The van der Waals surface area contributed by atoms with Gasteiger partial charge in [0.25, 0.3) is 5.91 Å². The molecule has 0 fully saturated rings. The average molecular weight is 286 g/mol. The third-order valence-corrected chi connectivity index (χ3v) is 2.58. The number of methoxy groups -OCH3 is 2. The van der Waals surface area contributed by atoms with E-state index in [4.69, 9.17) is 9.47 Å². The van der Waals surface area contributed by atoms with Gasteiger partial charge >= 0.3 is 0 Å². The van der Waals surface area contributed by atoms with Gasteiger partial charge in [-0.2, -0.15) is 5.10 Å². The zero-order chi connectivity index (χ0) is 15.1. The van der Waals surface area contributed by atoms with Gasteiger partial charge in [-0.25, -0.2) is 10.4 Å². The van der Waals surface area contributed by atoms with E-state index in [1.54, 1.807) is 32.4 Å². The van der Waals surface area contributed by atoms with Crippen molar-refractivity contribution in [3.05, 3.63) is 48.0 Å². The fourth-order valence-electron chi connectivity index (χ4n) is 1.57. The van der Waals surface area contributed by atoms with Gasteiger partial charge in [0.1, 0.15) is 5.69 Å². The molecule has 0 saturated carbocycles. The molecule has 1 N–H and O–H groups in total. The topological polar surface area (TPSA) is 85.7 Å². The Balaban J connectivity index is 2.03. The number of carbonyl (C=O) groups is 1. The fourth-order valence-corrected chi connectivity index (χ4v) is 1.57. The van der Waals surface area contributed by atoms with Gasteiger partial charge in [-0.3, -0.25) is 9.78 Å². The Hall–Kier alpha value is -2.96. The highest BCUT2D eigenvalue weighted by atomic mass is 16.5. The molecule has 108 valence electrons. The Morgan fingerprint density at radius 2 is 2.05 bits per heavy atom. The molecular weight excluding hydrogens is 272 g/mol. The number of carbonyl (C=O) groups excluding carboxylic acids is 1. The monoisotopic (exact) mass is 286 g/mol. The van der Waals surface area contributed by atoms with E-state index in [0.717, 1.165) is 5.56 Å². The summed E-state index contributed by atoms with van der Waals surface area (Å²) in [5.41, 5.74) is 3.32. The summed E-state index contributed by atoms with van der Waals surface area (Å²) in [7, 11) is 3.11. The van der Waals surface area contributed by atoms with Crippen LogP contribution >= 0.6 is 0 Å². The maximum atomic E-state index is 11.7. The van der Waals surface area contributed by atoms with Gasteiger partial charge in [0, 0.05) is 12.4 Å². The van der Waals surface area contributed by atoms with Crippen LogP contribution < -0.4 is 14.9 Å². The highest BCUT2D eigenvalue weighted by Gasteiger charge is 2.05. The summed E-state index contributed by atoms with van der Waals surface area (Å²) in [6.07, 6.45) is 5.79. The van der Waals surface area contributed by atoms with Crippen molar-refractivity contribution in [2.45, 2.75) is 0 Å². The van der Waals surface area contributed by atoms with Crippen LogP contribution in [-0.4, -0.2) is 36.3 Å². The SMILES string of the molecule is COc1ccc(/C=N/NC(=O)c2cnccn2)cc1OC. The molecule has 0 radical (unpaired) electrons. The van der Waals surface area contributed by atoms with Crippen LogP contribution in [0.25, 0.3) is 0 Å². The molecule has 0 atom stereocenters. The largest absolute Gasteiger partial charge is 0.493 e. The zero-order valence-electron chi connectivity index (χ0n) is 11.6. The summed E-state index contributed by atoms with van der Waals surface area (Å²) in [6, 6.07) is 5.29. The van der Waals surface area contributed by atoms with Gasteiger partial charge in [0.2, 0.25) is 0 Å². The first-order valence-electron chi connectivity index (χ1n) is 6.06. The van der Waals surface area contributed by atoms with Crippen molar-refractivity contribution in [1.82, 2.24) is 15.4 Å². The predicted molar refractivity (Wildman–Crippen MR) is 76.6 cm³/mol. The van der Waals surface area contributed by atoms with Crippen LogP contribution in [0.5, 0.6) is 11.5 Å². The molecule has 0 aliphatic carbocycles. The standard InChI is InChI=1S/C14H14N4O3/c1-20-12-4-3-10(7-13(12)21-2)8-17-18-14(19)11-9-15-5-6-16-11/h3-9H,1-2H3,(H,18,19)/b17-8+. The molecule has 0 aliphatic heterocycles. The van der Waals surface area contributed by atoms with Gasteiger partial charge < -0.3 is 9.47 Å². The Bertz CT molecular complexity index is 644. The molecule has 0 bridgehead atoms. The van der Waals surface area contributed by atoms with Gasteiger partial charge in [-0.1, -0.05) is 0 Å². The number of rotatable bonds is 5. The summed E-state index contributed by atoms with van der Waals surface area (Å²) in [5.74, 6) is 0.778. The Morgan fingerprint density at radius 1 is 1.24 bits per heavy atom. The molecule has 1 heterocycles. The zero-order valence-corrected chi connectivity index (χ0v) is 11.6. The van der Waals surface area contributed by atoms with E-state index in [9.17, 15) is 4.79 Å². The lowest BCUT2D eigenvalue weighted by Gasteiger charge is -2.07. The lowest BCUT2D eigenvalue weighted by Crippen LogP contribution is -2.19. The number of hydrogen-bond donors (Lipinski definition) is 1. The molecular formula is C14H14N4O3. The second-order valence-corrected chi connectivity index (χ2v) is 3.90. The number of hydrogen-bond acceptors (Lipinski definition) is 6. The van der Waals surface area contributed by atoms with Crippen molar-refractivity contribution < 1.29 is 14.3 Å². The Morgan fingerprint density at radius 3 is 2.71 bits per heavy atom. The van der Waals surface area contributed by atoms with Crippen molar-refractivity contribution in [3.63, 3.8) is 0 Å². The minimum atomic E-state index is -0.431. The first-order valence-corrected chi connectivity index (χ1v) is 6.06. The average Bonchev–Trinajstić information content (AvgIpc) is 2.55. The summed E-state index contributed by atoms with van der Waals surface area (Å²) >= 11 is 0. The number of nitrogens with one attached hydrogen (secondary N) is 1. The number of benzene rings is 1. The van der Waals surface area contributed by atoms with E-state index < -0.39 is 5.91 Å². The molecule has 7 heteroatoms. The minimum absolute atomic E-state index is 0.196. The number of nitrogens with zero attached hydrogens (tertiary/aromatic N) is 3. The van der Waals surface area contributed by atoms with Crippen molar-refractivity contribution in [3.8, 4) is 11.5 Å². The molecule has 0 spiro atoms. The van der Waals surface area contributed by atoms with Crippen LogP contribution in [0, 0.1) is 0 Å². The van der Waals surface area contributed by atoms with Gasteiger partial charge in [-0.05, 0) is 23.8 Å². The molecule has 2 rings (SSSR count). The van der Waals surface area contributed by atoms with Gasteiger partial charge in [0.15, 0.2) is 11.5 Å². The van der Waals surface area contributed by atoms with Crippen LogP contribution in [0.15, 0.2) is 41.9 Å². The fraction of sp³-hybridized carbons (Fsp3) is 0.143. The lowest BCUT2D eigenvalue weighted by molar-refractivity contribution is 0.0949. The minimum Gasteiger partial charge on any atom is -0.493 e. The molecule has 2 aromatic rings. The number of amides is 1. The van der Waals surface area contributed by atoms with Crippen LogP contribution in [0.2, 0.25) is 0 Å². The third-order valence-electron chi connectivity index (χ3n) is 2.58. The number of hydrazone groups is 1. The number of aromatic nitrogens is 2. The maximum Gasteiger partial charge on any atom is 0.291 e. The second kappa shape index (κ2) is 6.99. The van der Waals surface area contributed by atoms with Gasteiger partial charge in [0.05, 0.1) is 26.6 Å². The Labute approximate surface area is 121 Å². The molecule has 0 aliphatic rings. The first-order chi connectivity index (χ1) is 10.2. The molecule has 7 nitrogen and oxygen atoms in total. The molecule has 21 heavy (non-hydrogen) atoms. The summed E-state index contributed by atoms with van der Waals surface area (Å²) in [6.45, 7) is 0. The summed E-state index contributed by atoms with van der Waals surface area (Å²) in [4.78, 5) is 19.4. The van der Waals surface area contributed by atoms with Crippen LogP contribution in [0.4, 0.5) is 0 Å². The normalized spacial score (nSPS) is 10.4. The van der Waals surface area contributed by atoms with Crippen LogP contribution in [0.1, 0.15) is 16.1 Å². The van der Waals surface area contributed by atoms with Crippen molar-refractivity contribution >= 4 is 12.1 Å². The highest BCUT2D eigenvalue weighted by molar-refractivity contribution is 5.92. The maximum absolute atomic E-state index is 11.7. The summed E-state index contributed by atoms with van der Waals surface area (Å²) in [5, 5.41) is 3.86. The molecule has 1 aromatic carbocycles. The van der Waals surface area contributed by atoms with E-state index in [-0.39, 0.29) is 5.69 Å². The van der Waals surface area contributed by atoms with Gasteiger partial charge in [-0.15, -0.1) is 0 Å². The third kappa shape index (κ3) is 3.75. The van der Waals surface area contributed by atoms with E-state index >= 15 is 0 Å². The van der Waals surface area contributed by atoms with Crippen molar-refractivity contribution in [2.75, 3.05) is 14.2 Å². The summed E-state index contributed by atoms with van der Waals surface area (Å²) < 4.78 is 10.3.